The fraction of sp³-hybridized carbons (Fsp3) is 0.800. The first-order chi connectivity index (χ1) is 7.51. The highest BCUT2D eigenvalue weighted by atomic mass is 16.3. The van der Waals surface area contributed by atoms with Crippen LogP contribution in [0.25, 0.3) is 0 Å². The summed E-state index contributed by atoms with van der Waals surface area (Å²) in [5.41, 5.74) is 5.22. The molecular weight excluding hydrogens is 212 g/mol. The Balaban J connectivity index is 2.72. The second kappa shape index (κ2) is 5.58. The molecule has 1 saturated heterocycles. The van der Waals surface area contributed by atoms with Crippen molar-refractivity contribution in [1.82, 2.24) is 4.90 Å². The van der Waals surface area contributed by atoms with E-state index in [-0.39, 0.29) is 13.2 Å². The minimum Gasteiger partial charge on any atom is -0.396 e. The molecule has 1 rings (SSSR count). The molecule has 1 aliphatic rings. The van der Waals surface area contributed by atoms with Crippen LogP contribution < -0.4 is 5.73 Å². The van der Waals surface area contributed by atoms with Crippen LogP contribution in [0.15, 0.2) is 0 Å². The number of hydrogen-bond donors (Lipinski definition) is 4. The van der Waals surface area contributed by atoms with Crippen LogP contribution >= 0.6 is 0 Å². The SMILES string of the molecule is [CH2]C[C@@H](C(N)=O)N1CC(O)C(O)C(CO)C1. The van der Waals surface area contributed by atoms with Crippen LogP contribution in [0.4, 0.5) is 0 Å². The van der Waals surface area contributed by atoms with Gasteiger partial charge in [0.05, 0.1) is 18.2 Å². The van der Waals surface area contributed by atoms with Crippen molar-refractivity contribution in [2.45, 2.75) is 24.7 Å². The summed E-state index contributed by atoms with van der Waals surface area (Å²) in [6, 6.07) is -0.559. The lowest BCUT2D eigenvalue weighted by Gasteiger charge is -2.41. The number of amides is 1. The Bertz CT molecular complexity index is 249. The van der Waals surface area contributed by atoms with Crippen LogP contribution in [-0.2, 0) is 4.79 Å². The Morgan fingerprint density at radius 1 is 1.50 bits per heavy atom. The van der Waals surface area contributed by atoms with Crippen molar-refractivity contribution >= 4 is 5.91 Å². The molecule has 93 valence electrons. The zero-order valence-corrected chi connectivity index (χ0v) is 9.12. The number of β-amino-alcohol motifs (C(OH)–C–C–N with tert-alkyl or cyclic N) is 1. The minimum absolute atomic E-state index is 0.167. The molecule has 16 heavy (non-hydrogen) atoms. The molecule has 0 spiro atoms. The zero-order valence-electron chi connectivity index (χ0n) is 9.12. The molecule has 0 saturated carbocycles. The lowest BCUT2D eigenvalue weighted by molar-refractivity contribution is -0.131. The number of hydrogen-bond acceptors (Lipinski definition) is 5. The Morgan fingerprint density at radius 2 is 2.12 bits per heavy atom. The predicted molar refractivity (Wildman–Crippen MR) is 57.1 cm³/mol. The third-order valence-corrected chi connectivity index (χ3v) is 3.04. The van der Waals surface area contributed by atoms with Gasteiger partial charge >= 0.3 is 0 Å². The second-order valence-corrected chi connectivity index (χ2v) is 4.16. The molecule has 5 N–H and O–H groups in total. The second-order valence-electron chi connectivity index (χ2n) is 4.16. The lowest BCUT2D eigenvalue weighted by Crippen LogP contribution is -2.58. The molecule has 0 bridgehead atoms. The van der Waals surface area contributed by atoms with Crippen LogP contribution in [0, 0.1) is 12.8 Å². The van der Waals surface area contributed by atoms with Gasteiger partial charge in [-0.3, -0.25) is 9.69 Å². The first kappa shape index (κ1) is 13.4. The molecule has 1 radical (unpaired) electrons. The molecule has 4 atom stereocenters. The number of carbonyl (C=O) groups excluding carboxylic acids is 1. The summed E-state index contributed by atoms with van der Waals surface area (Å²) in [6.07, 6.45) is -1.63. The number of nitrogens with zero attached hydrogens (tertiary/aromatic N) is 1. The normalized spacial score (nSPS) is 33.6. The summed E-state index contributed by atoms with van der Waals surface area (Å²) in [5.74, 6) is -0.965. The van der Waals surface area contributed by atoms with Crippen LogP contribution in [-0.4, -0.2) is 64.1 Å². The summed E-state index contributed by atoms with van der Waals surface area (Å²) in [4.78, 5) is 12.8. The van der Waals surface area contributed by atoms with Crippen molar-refractivity contribution < 1.29 is 20.1 Å². The molecule has 1 fully saturated rings. The van der Waals surface area contributed by atoms with E-state index < -0.39 is 30.1 Å². The van der Waals surface area contributed by atoms with Crippen molar-refractivity contribution in [1.29, 1.82) is 0 Å². The standard InChI is InChI=1S/C10H19N2O4/c1-2-7(10(11)16)12-3-6(5-13)9(15)8(14)4-12/h6-9,13-15H,1-5H2,(H2,11,16)/t6?,7-,8?,9?/m0/s1. The highest BCUT2D eigenvalue weighted by Crippen LogP contribution is 2.20. The molecule has 6 nitrogen and oxygen atoms in total. The first-order valence-electron chi connectivity index (χ1n) is 5.30. The van der Waals surface area contributed by atoms with Crippen molar-refractivity contribution in [2.75, 3.05) is 19.7 Å². The van der Waals surface area contributed by atoms with Crippen molar-refractivity contribution in [3.05, 3.63) is 6.92 Å². The maximum absolute atomic E-state index is 11.1. The molecule has 6 heteroatoms. The van der Waals surface area contributed by atoms with E-state index in [1.165, 1.54) is 0 Å². The van der Waals surface area contributed by atoms with Crippen molar-refractivity contribution in [2.24, 2.45) is 11.7 Å². The van der Waals surface area contributed by atoms with Gasteiger partial charge in [0.15, 0.2) is 0 Å². The molecule has 0 aromatic carbocycles. The van der Waals surface area contributed by atoms with E-state index >= 15 is 0 Å². The smallest absolute Gasteiger partial charge is 0.234 e. The number of aliphatic hydroxyl groups excluding tert-OH is 3. The number of aliphatic hydroxyl groups is 3. The number of likely N-dealkylation sites (tertiary alicyclic amines) is 1. The Hall–Kier alpha value is -0.690. The van der Waals surface area contributed by atoms with Crippen LogP contribution in [0.1, 0.15) is 6.42 Å². The maximum Gasteiger partial charge on any atom is 0.234 e. The van der Waals surface area contributed by atoms with Crippen molar-refractivity contribution in [3.63, 3.8) is 0 Å². The van der Waals surface area contributed by atoms with Crippen molar-refractivity contribution in [3.8, 4) is 0 Å². The fourth-order valence-corrected chi connectivity index (χ4v) is 2.07. The van der Waals surface area contributed by atoms with Gasteiger partial charge in [0.2, 0.25) is 5.91 Å². The topological polar surface area (TPSA) is 107 Å². The minimum atomic E-state index is -0.973. The molecule has 1 amide bonds. The van der Waals surface area contributed by atoms with Crippen LogP contribution in [0.5, 0.6) is 0 Å². The summed E-state index contributed by atoms with van der Waals surface area (Å²) in [7, 11) is 0. The largest absolute Gasteiger partial charge is 0.396 e. The third kappa shape index (κ3) is 2.70. The lowest BCUT2D eigenvalue weighted by atomic mass is 9.91. The number of rotatable bonds is 4. The van der Waals surface area contributed by atoms with Crippen LogP contribution in [0.3, 0.4) is 0 Å². The van der Waals surface area contributed by atoms with Gasteiger partial charge in [-0.1, -0.05) is 6.92 Å². The van der Waals surface area contributed by atoms with Gasteiger partial charge in [-0.25, -0.2) is 0 Å². The van der Waals surface area contributed by atoms with Gasteiger partial charge < -0.3 is 21.1 Å². The monoisotopic (exact) mass is 231 g/mol. The molecule has 3 unspecified atom stereocenters. The van der Waals surface area contributed by atoms with E-state index in [1.54, 1.807) is 4.90 Å². The molecular formula is C10H19N2O4. The maximum atomic E-state index is 11.1. The molecule has 0 aliphatic carbocycles. The average Bonchev–Trinajstić information content (AvgIpc) is 2.23. The summed E-state index contributed by atoms with van der Waals surface area (Å²) in [5, 5.41) is 28.2. The number of carbonyl (C=O) groups is 1. The first-order valence-corrected chi connectivity index (χ1v) is 5.30. The van der Waals surface area contributed by atoms with E-state index in [9.17, 15) is 15.0 Å². The van der Waals surface area contributed by atoms with Gasteiger partial charge in [0.25, 0.3) is 0 Å². The highest BCUT2D eigenvalue weighted by molar-refractivity contribution is 5.79. The van der Waals surface area contributed by atoms with Gasteiger partial charge in [-0.15, -0.1) is 0 Å². The highest BCUT2D eigenvalue weighted by Gasteiger charge is 2.37. The summed E-state index contributed by atoms with van der Waals surface area (Å²) < 4.78 is 0. The van der Waals surface area contributed by atoms with E-state index in [0.29, 0.717) is 13.0 Å². The summed E-state index contributed by atoms with van der Waals surface area (Å²) in [6.45, 7) is 3.89. The fourth-order valence-electron chi connectivity index (χ4n) is 2.07. The molecule has 0 aromatic heterocycles. The van der Waals surface area contributed by atoms with E-state index in [0.717, 1.165) is 0 Å². The molecule has 1 heterocycles. The number of nitrogens with two attached hydrogens (primary N) is 1. The van der Waals surface area contributed by atoms with Gasteiger partial charge in [0, 0.05) is 25.6 Å². The quantitative estimate of drug-likeness (QED) is 0.436. The third-order valence-electron chi connectivity index (χ3n) is 3.04. The molecule has 0 aromatic rings. The summed E-state index contributed by atoms with van der Waals surface area (Å²) >= 11 is 0. The van der Waals surface area contributed by atoms with E-state index in [1.807, 2.05) is 0 Å². The Labute approximate surface area is 94.7 Å². The zero-order chi connectivity index (χ0) is 12.3. The predicted octanol–water partition coefficient (Wildman–Crippen LogP) is -2.29. The average molecular weight is 231 g/mol. The van der Waals surface area contributed by atoms with Crippen LogP contribution in [0.2, 0.25) is 0 Å². The van der Waals surface area contributed by atoms with Gasteiger partial charge in [0.1, 0.15) is 0 Å². The number of piperidine rings is 1. The Kier molecular flexibility index (Phi) is 4.67. The molecule has 1 aliphatic heterocycles. The van der Waals surface area contributed by atoms with Gasteiger partial charge in [-0.05, 0) is 6.42 Å². The van der Waals surface area contributed by atoms with E-state index in [4.69, 9.17) is 10.8 Å². The number of primary amides is 1. The van der Waals surface area contributed by atoms with Gasteiger partial charge in [-0.2, -0.15) is 0 Å². The van der Waals surface area contributed by atoms with E-state index in [2.05, 4.69) is 6.92 Å². The Morgan fingerprint density at radius 3 is 2.56 bits per heavy atom.